The lowest BCUT2D eigenvalue weighted by atomic mass is 10.2. The van der Waals surface area contributed by atoms with Crippen molar-refractivity contribution in [2.45, 2.75) is 20.4 Å². The van der Waals surface area contributed by atoms with E-state index in [4.69, 9.17) is 21.3 Å². The highest BCUT2D eigenvalue weighted by atomic mass is 35.5. The molecule has 0 atom stereocenters. The van der Waals surface area contributed by atoms with Gasteiger partial charge in [0.25, 0.3) is 0 Å². The quantitative estimate of drug-likeness (QED) is 0.187. The summed E-state index contributed by atoms with van der Waals surface area (Å²) in [7, 11) is 3.82. The molecule has 0 aromatic carbocycles. The molecule has 1 aliphatic heterocycles. The molecular formula is C24H30ClN7O2. The van der Waals surface area contributed by atoms with Gasteiger partial charge in [-0.25, -0.2) is 9.98 Å². The second kappa shape index (κ2) is 11.7. The van der Waals surface area contributed by atoms with Gasteiger partial charge >= 0.3 is 0 Å². The number of ether oxygens (including phenoxy) is 1. The Labute approximate surface area is 204 Å². The standard InChI is InChI=1S/C24H30ClN7O2/c1-6-9-18(33)17(8-3)15-26-19(10-7-2)30(4)16-20-27-21-22(31(20)5)28-24(25)29-23(21)32-11-13-34-14-12-32/h6-10,15H,3,11-14,16H2,1-2,4-5H3/b9-6+,10-7+,17-15+,26-19-. The lowest BCUT2D eigenvalue weighted by molar-refractivity contribution is -0.111. The third-order valence-corrected chi connectivity index (χ3v) is 5.49. The number of imidazole rings is 1. The number of rotatable bonds is 8. The maximum absolute atomic E-state index is 12.2. The van der Waals surface area contributed by atoms with Crippen LogP contribution in [0, 0.1) is 0 Å². The summed E-state index contributed by atoms with van der Waals surface area (Å²) in [5, 5.41) is 0.181. The Kier molecular flexibility index (Phi) is 8.72. The Bertz CT molecular complexity index is 1170. The van der Waals surface area contributed by atoms with Crippen molar-refractivity contribution in [2.75, 3.05) is 38.3 Å². The molecule has 0 saturated carbocycles. The molecule has 2 aromatic rings. The molecule has 3 heterocycles. The first-order valence-corrected chi connectivity index (χ1v) is 11.4. The van der Waals surface area contributed by atoms with Crippen LogP contribution in [-0.4, -0.2) is 69.4 Å². The van der Waals surface area contributed by atoms with Gasteiger partial charge in [0, 0.05) is 39.0 Å². The molecule has 0 radical (unpaired) electrons. The van der Waals surface area contributed by atoms with Crippen LogP contribution in [0.4, 0.5) is 5.82 Å². The largest absolute Gasteiger partial charge is 0.378 e. The fourth-order valence-electron chi connectivity index (χ4n) is 3.51. The second-order valence-electron chi connectivity index (χ2n) is 7.67. The molecule has 10 heteroatoms. The summed E-state index contributed by atoms with van der Waals surface area (Å²) >= 11 is 6.25. The Hall–Kier alpha value is -3.30. The normalized spacial score (nSPS) is 15.6. The Morgan fingerprint density at radius 3 is 2.56 bits per heavy atom. The van der Waals surface area contributed by atoms with E-state index >= 15 is 0 Å². The van der Waals surface area contributed by atoms with Crippen molar-refractivity contribution in [2.24, 2.45) is 12.0 Å². The van der Waals surface area contributed by atoms with E-state index in [9.17, 15) is 4.79 Å². The van der Waals surface area contributed by atoms with Gasteiger partial charge in [0.15, 0.2) is 22.8 Å². The second-order valence-corrected chi connectivity index (χ2v) is 8.01. The first-order valence-electron chi connectivity index (χ1n) is 11.0. The van der Waals surface area contributed by atoms with Crippen LogP contribution in [0.25, 0.3) is 11.2 Å². The Balaban J connectivity index is 1.94. The van der Waals surface area contributed by atoms with Crippen LogP contribution < -0.4 is 4.90 Å². The molecule has 34 heavy (non-hydrogen) atoms. The molecular weight excluding hydrogens is 454 g/mol. The lowest BCUT2D eigenvalue weighted by Crippen LogP contribution is -2.37. The fraction of sp³-hybridized carbons (Fsp3) is 0.375. The van der Waals surface area contributed by atoms with Crippen LogP contribution in [0.2, 0.25) is 5.28 Å². The van der Waals surface area contributed by atoms with E-state index in [0.717, 1.165) is 18.9 Å². The van der Waals surface area contributed by atoms with E-state index in [1.54, 1.807) is 13.0 Å². The van der Waals surface area contributed by atoms with E-state index in [2.05, 4.69) is 26.4 Å². The minimum atomic E-state index is -0.148. The summed E-state index contributed by atoms with van der Waals surface area (Å²) in [4.78, 5) is 34.5. The van der Waals surface area contributed by atoms with Gasteiger partial charge in [-0.05, 0) is 37.6 Å². The molecule has 1 aliphatic rings. The third-order valence-electron chi connectivity index (χ3n) is 5.32. The zero-order valence-corrected chi connectivity index (χ0v) is 20.8. The molecule has 0 amide bonds. The number of nitrogens with zero attached hydrogens (tertiary/aromatic N) is 7. The molecule has 0 unspecified atom stereocenters. The number of hydrogen-bond acceptors (Lipinski definition) is 7. The van der Waals surface area contributed by atoms with Crippen molar-refractivity contribution in [3.05, 3.63) is 59.8 Å². The average Bonchev–Trinajstić information content (AvgIpc) is 3.14. The van der Waals surface area contributed by atoms with E-state index in [1.165, 1.54) is 18.4 Å². The van der Waals surface area contributed by atoms with Crippen molar-refractivity contribution in [1.29, 1.82) is 0 Å². The predicted octanol–water partition coefficient (Wildman–Crippen LogP) is 3.47. The minimum absolute atomic E-state index is 0.148. The van der Waals surface area contributed by atoms with Crippen molar-refractivity contribution in [3.63, 3.8) is 0 Å². The molecule has 9 nitrogen and oxygen atoms in total. The van der Waals surface area contributed by atoms with Crippen molar-refractivity contribution < 1.29 is 9.53 Å². The molecule has 3 rings (SSSR count). The minimum Gasteiger partial charge on any atom is -0.378 e. The SMILES string of the molecule is C=C\C(=C/N=C(/C=C/C)N(C)Cc1nc2c(N3CCOCC3)nc(Cl)nc2n1C)C(=O)/C=C/C. The number of fused-ring (bicyclic) bond motifs is 1. The lowest BCUT2D eigenvalue weighted by Gasteiger charge is -2.27. The number of amidine groups is 1. The number of ketones is 1. The monoisotopic (exact) mass is 483 g/mol. The maximum atomic E-state index is 12.2. The zero-order valence-electron chi connectivity index (χ0n) is 20.0. The van der Waals surface area contributed by atoms with Gasteiger partial charge in [-0.1, -0.05) is 24.8 Å². The topological polar surface area (TPSA) is 88.7 Å². The van der Waals surface area contributed by atoms with Gasteiger partial charge in [-0.2, -0.15) is 9.97 Å². The Morgan fingerprint density at radius 2 is 1.91 bits per heavy atom. The number of carbonyl (C=O) groups is 1. The molecule has 180 valence electrons. The number of allylic oxidation sites excluding steroid dienone is 5. The zero-order chi connectivity index (χ0) is 24.7. The highest BCUT2D eigenvalue weighted by Crippen LogP contribution is 2.26. The number of likely N-dealkylation sites (N-methyl/N-ethyl adjacent to an activating group) is 1. The van der Waals surface area contributed by atoms with E-state index in [-0.39, 0.29) is 11.1 Å². The first-order chi connectivity index (χ1) is 16.4. The summed E-state index contributed by atoms with van der Waals surface area (Å²) in [6, 6.07) is 0. The van der Waals surface area contributed by atoms with Crippen LogP contribution in [-0.2, 0) is 23.1 Å². The van der Waals surface area contributed by atoms with Crippen molar-refractivity contribution in [3.8, 4) is 0 Å². The molecule has 1 fully saturated rings. The number of aryl methyl sites for hydroxylation is 1. The van der Waals surface area contributed by atoms with Gasteiger partial charge in [0.05, 0.1) is 19.8 Å². The van der Waals surface area contributed by atoms with E-state index in [0.29, 0.717) is 48.1 Å². The number of hydrogen-bond donors (Lipinski definition) is 0. The molecule has 0 N–H and O–H groups in total. The average molecular weight is 484 g/mol. The van der Waals surface area contributed by atoms with Crippen molar-refractivity contribution >= 4 is 40.2 Å². The smallest absolute Gasteiger partial charge is 0.226 e. The maximum Gasteiger partial charge on any atom is 0.226 e. The highest BCUT2D eigenvalue weighted by molar-refractivity contribution is 6.28. The van der Waals surface area contributed by atoms with Gasteiger partial charge in [0.1, 0.15) is 11.7 Å². The molecule has 0 aliphatic carbocycles. The number of carbonyl (C=O) groups excluding carboxylic acids is 1. The molecule has 0 spiro atoms. The molecule has 0 bridgehead atoms. The number of aliphatic imine (C=N–C) groups is 1. The number of anilines is 1. The number of morpholine rings is 1. The number of aromatic nitrogens is 4. The van der Waals surface area contributed by atoms with Crippen LogP contribution in [0.1, 0.15) is 19.7 Å². The van der Waals surface area contributed by atoms with Gasteiger partial charge in [0.2, 0.25) is 5.28 Å². The van der Waals surface area contributed by atoms with Gasteiger partial charge in [-0.15, -0.1) is 0 Å². The third kappa shape index (κ3) is 5.78. The summed E-state index contributed by atoms with van der Waals surface area (Å²) in [6.45, 7) is 10.6. The summed E-state index contributed by atoms with van der Waals surface area (Å²) in [6.07, 6.45) is 9.96. The van der Waals surface area contributed by atoms with E-state index < -0.39 is 0 Å². The molecule has 1 saturated heterocycles. The van der Waals surface area contributed by atoms with Gasteiger partial charge in [-0.3, -0.25) is 4.79 Å². The summed E-state index contributed by atoms with van der Waals surface area (Å²) in [5.74, 6) is 2.01. The van der Waals surface area contributed by atoms with Crippen molar-refractivity contribution in [1.82, 2.24) is 24.4 Å². The predicted molar refractivity (Wildman–Crippen MR) is 136 cm³/mol. The first kappa shape index (κ1) is 25.3. The van der Waals surface area contributed by atoms with E-state index in [1.807, 2.05) is 42.6 Å². The van der Waals surface area contributed by atoms with Crippen LogP contribution in [0.3, 0.4) is 0 Å². The highest BCUT2D eigenvalue weighted by Gasteiger charge is 2.22. The van der Waals surface area contributed by atoms with Crippen LogP contribution in [0.15, 0.2) is 53.7 Å². The number of halogens is 1. The van der Waals surface area contributed by atoms with Gasteiger partial charge < -0.3 is 19.1 Å². The Morgan fingerprint density at radius 1 is 1.21 bits per heavy atom. The summed E-state index contributed by atoms with van der Waals surface area (Å²) < 4.78 is 7.38. The van der Waals surface area contributed by atoms with Crippen LogP contribution in [0.5, 0.6) is 0 Å². The summed E-state index contributed by atoms with van der Waals surface area (Å²) in [5.41, 5.74) is 1.78. The van der Waals surface area contributed by atoms with Crippen LogP contribution >= 0.6 is 11.6 Å². The fourth-order valence-corrected chi connectivity index (χ4v) is 3.67. The molecule has 2 aromatic heterocycles.